The number of aryl methyl sites for hydroxylation is 1. The summed E-state index contributed by atoms with van der Waals surface area (Å²) in [5, 5.41) is -0.428. The molecule has 0 bridgehead atoms. The van der Waals surface area contributed by atoms with Gasteiger partial charge in [-0.1, -0.05) is 17.7 Å². The van der Waals surface area contributed by atoms with Gasteiger partial charge in [0.1, 0.15) is 5.82 Å². The molecule has 0 amide bonds. The second kappa shape index (κ2) is 8.35. The highest BCUT2D eigenvalue weighted by Gasteiger charge is 2.48. The van der Waals surface area contributed by atoms with Gasteiger partial charge in [-0.2, -0.15) is 0 Å². The average molecular weight is 487 g/mol. The van der Waals surface area contributed by atoms with Gasteiger partial charge in [0.05, 0.1) is 21.7 Å². The van der Waals surface area contributed by atoms with E-state index >= 15 is 0 Å². The van der Waals surface area contributed by atoms with Crippen molar-refractivity contribution >= 4 is 37.0 Å². The predicted molar refractivity (Wildman–Crippen MR) is 120 cm³/mol. The maximum absolute atomic E-state index is 13.6. The molecule has 2 heterocycles. The summed E-state index contributed by atoms with van der Waals surface area (Å²) in [7, 11) is -7.44. The fourth-order valence-electron chi connectivity index (χ4n) is 4.39. The third-order valence-electron chi connectivity index (χ3n) is 6.09. The maximum Gasteiger partial charge on any atom is 0.183 e. The molecule has 2 aromatic carbocycles. The smallest absolute Gasteiger partial charge is 0.183 e. The highest BCUT2D eigenvalue weighted by molar-refractivity contribution is 7.96. The van der Waals surface area contributed by atoms with Crippen molar-refractivity contribution in [3.63, 3.8) is 0 Å². The molecular formula is C21H24ClFN2O4S2. The molecule has 2 atom stereocenters. The number of sulfone groups is 2. The van der Waals surface area contributed by atoms with E-state index in [1.807, 2.05) is 23.1 Å². The summed E-state index contributed by atoms with van der Waals surface area (Å²) in [4.78, 5) is 4.08. The fraction of sp³-hybridized carbons (Fsp3) is 0.429. The summed E-state index contributed by atoms with van der Waals surface area (Å²) in [6.07, 6.45) is 0. The SMILES string of the molecule is Cc1cc(S(=O)(=O)[C@@H]2CS(=O)(=O)C[C@H]2N2CCN(c3cccc(Cl)c3)CC2)ccc1F. The second-order valence-electron chi connectivity index (χ2n) is 8.14. The van der Waals surface area contributed by atoms with Crippen LogP contribution in [-0.2, 0) is 19.7 Å². The van der Waals surface area contributed by atoms with Crippen molar-refractivity contribution in [1.29, 1.82) is 0 Å². The Kier molecular flexibility index (Phi) is 6.06. The van der Waals surface area contributed by atoms with Crippen LogP contribution in [0.25, 0.3) is 0 Å². The minimum absolute atomic E-state index is 0.0314. The van der Waals surface area contributed by atoms with Gasteiger partial charge in [-0.05, 0) is 48.9 Å². The van der Waals surface area contributed by atoms with Crippen LogP contribution in [0.1, 0.15) is 5.56 Å². The van der Waals surface area contributed by atoms with Crippen molar-refractivity contribution in [2.75, 3.05) is 42.6 Å². The van der Waals surface area contributed by atoms with Crippen molar-refractivity contribution < 1.29 is 21.2 Å². The van der Waals surface area contributed by atoms with Crippen LogP contribution in [0.4, 0.5) is 10.1 Å². The highest BCUT2D eigenvalue weighted by atomic mass is 35.5. The van der Waals surface area contributed by atoms with Crippen molar-refractivity contribution in [1.82, 2.24) is 4.90 Å². The summed E-state index contributed by atoms with van der Waals surface area (Å²) < 4.78 is 65.2. The monoisotopic (exact) mass is 486 g/mol. The van der Waals surface area contributed by atoms with E-state index in [4.69, 9.17) is 11.6 Å². The fourth-order valence-corrected chi connectivity index (χ4v) is 9.48. The summed E-state index contributed by atoms with van der Waals surface area (Å²) >= 11 is 6.08. The highest BCUT2D eigenvalue weighted by Crippen LogP contribution is 2.31. The lowest BCUT2D eigenvalue weighted by molar-refractivity contribution is 0.201. The molecule has 6 nitrogen and oxygen atoms in total. The molecule has 2 aliphatic rings. The van der Waals surface area contributed by atoms with Gasteiger partial charge in [-0.3, -0.25) is 4.90 Å². The third-order valence-corrected chi connectivity index (χ3v) is 10.4. The Bertz CT molecular complexity index is 1200. The van der Waals surface area contributed by atoms with Crippen molar-refractivity contribution in [3.8, 4) is 0 Å². The molecular weight excluding hydrogens is 463 g/mol. The molecule has 2 fully saturated rings. The van der Waals surface area contributed by atoms with Gasteiger partial charge in [0.15, 0.2) is 19.7 Å². The van der Waals surface area contributed by atoms with Crippen molar-refractivity contribution in [2.24, 2.45) is 0 Å². The molecule has 2 aromatic rings. The largest absolute Gasteiger partial charge is 0.369 e. The molecule has 0 unspecified atom stereocenters. The Labute approximate surface area is 187 Å². The van der Waals surface area contributed by atoms with Crippen LogP contribution in [0.5, 0.6) is 0 Å². The Morgan fingerprint density at radius 2 is 1.74 bits per heavy atom. The van der Waals surface area contributed by atoms with Crippen LogP contribution >= 0.6 is 11.6 Å². The van der Waals surface area contributed by atoms with Crippen LogP contribution in [-0.4, -0.2) is 70.7 Å². The molecule has 2 saturated heterocycles. The molecule has 0 radical (unpaired) electrons. The molecule has 168 valence electrons. The van der Waals surface area contributed by atoms with Crippen LogP contribution in [0.15, 0.2) is 47.4 Å². The van der Waals surface area contributed by atoms with E-state index in [-0.39, 0.29) is 16.2 Å². The molecule has 0 N–H and O–H groups in total. The normalized spacial score (nSPS) is 24.4. The lowest BCUT2D eigenvalue weighted by Crippen LogP contribution is -2.55. The lowest BCUT2D eigenvalue weighted by Gasteiger charge is -2.40. The molecule has 0 aromatic heterocycles. The third kappa shape index (κ3) is 4.60. The van der Waals surface area contributed by atoms with E-state index in [0.717, 1.165) is 11.8 Å². The summed E-state index contributed by atoms with van der Waals surface area (Å²) in [5.41, 5.74) is 1.20. The second-order valence-corrected chi connectivity index (χ2v) is 12.9. The predicted octanol–water partition coefficient (Wildman–Crippen LogP) is 2.55. The van der Waals surface area contributed by atoms with Crippen LogP contribution in [0, 0.1) is 12.7 Å². The van der Waals surface area contributed by atoms with E-state index < -0.39 is 42.5 Å². The number of rotatable bonds is 4. The van der Waals surface area contributed by atoms with Gasteiger partial charge in [0.25, 0.3) is 0 Å². The number of hydrogen-bond acceptors (Lipinski definition) is 6. The average Bonchev–Trinajstić information content (AvgIpc) is 3.06. The standard InChI is InChI=1S/C21H24ClFN2O4S2/c1-15-11-18(5-6-19(15)23)31(28,29)21-14-30(26,27)13-20(21)25-9-7-24(8-10-25)17-4-2-3-16(22)12-17/h2-6,11-12,20-21H,7-10,13-14H2,1H3/t20-,21-/m1/s1. The zero-order valence-electron chi connectivity index (χ0n) is 17.0. The first kappa shape index (κ1) is 22.5. The summed E-state index contributed by atoms with van der Waals surface area (Å²) in [6.45, 7) is 3.85. The number of piperazine rings is 1. The van der Waals surface area contributed by atoms with Gasteiger partial charge in [0, 0.05) is 42.9 Å². The zero-order chi connectivity index (χ0) is 22.4. The number of nitrogens with zero attached hydrogens (tertiary/aromatic N) is 2. The van der Waals surface area contributed by atoms with E-state index in [0.29, 0.717) is 31.2 Å². The van der Waals surface area contributed by atoms with Crippen LogP contribution < -0.4 is 4.90 Å². The topological polar surface area (TPSA) is 74.8 Å². The molecule has 31 heavy (non-hydrogen) atoms. The van der Waals surface area contributed by atoms with Crippen molar-refractivity contribution in [2.45, 2.75) is 23.1 Å². The minimum Gasteiger partial charge on any atom is -0.369 e. The number of hydrogen-bond donors (Lipinski definition) is 0. The molecule has 0 spiro atoms. The summed E-state index contributed by atoms with van der Waals surface area (Å²) in [5.74, 6) is -1.09. The Morgan fingerprint density at radius 1 is 1.03 bits per heavy atom. The molecule has 4 rings (SSSR count). The van der Waals surface area contributed by atoms with Gasteiger partial charge in [0.2, 0.25) is 0 Å². The molecule has 0 aliphatic carbocycles. The Morgan fingerprint density at radius 3 is 2.39 bits per heavy atom. The first-order chi connectivity index (χ1) is 14.6. The van der Waals surface area contributed by atoms with Gasteiger partial charge < -0.3 is 4.90 Å². The number of benzene rings is 2. The molecule has 10 heteroatoms. The van der Waals surface area contributed by atoms with Crippen LogP contribution in [0.2, 0.25) is 5.02 Å². The van der Waals surface area contributed by atoms with E-state index in [1.165, 1.54) is 19.1 Å². The van der Waals surface area contributed by atoms with E-state index in [9.17, 15) is 21.2 Å². The van der Waals surface area contributed by atoms with Crippen molar-refractivity contribution in [3.05, 3.63) is 58.9 Å². The van der Waals surface area contributed by atoms with Crippen LogP contribution in [0.3, 0.4) is 0 Å². The molecule has 0 saturated carbocycles. The van der Waals surface area contributed by atoms with Gasteiger partial charge in [-0.25, -0.2) is 21.2 Å². The number of anilines is 1. The zero-order valence-corrected chi connectivity index (χ0v) is 19.4. The van der Waals surface area contributed by atoms with E-state index in [2.05, 4.69) is 4.90 Å². The Balaban J connectivity index is 1.56. The quantitative estimate of drug-likeness (QED) is 0.618. The van der Waals surface area contributed by atoms with Gasteiger partial charge in [-0.15, -0.1) is 0 Å². The lowest BCUT2D eigenvalue weighted by atomic mass is 10.1. The van der Waals surface area contributed by atoms with E-state index in [1.54, 1.807) is 6.07 Å². The number of halogens is 2. The molecule has 2 aliphatic heterocycles. The maximum atomic E-state index is 13.6. The summed E-state index contributed by atoms with van der Waals surface area (Å²) in [6, 6.07) is 10.5. The first-order valence-corrected chi connectivity index (χ1v) is 13.8. The first-order valence-electron chi connectivity index (χ1n) is 10.0. The Hall–Kier alpha value is -1.68. The van der Waals surface area contributed by atoms with Gasteiger partial charge >= 0.3 is 0 Å². The minimum atomic E-state index is -3.94.